The van der Waals surface area contributed by atoms with Crippen LogP contribution in [0.3, 0.4) is 0 Å². The molecule has 0 saturated carbocycles. The predicted octanol–water partition coefficient (Wildman–Crippen LogP) is 10.0. The fraction of sp³-hybridized carbons (Fsp3) is 0.292. The van der Waals surface area contributed by atoms with E-state index in [2.05, 4.69) is 130 Å². The van der Waals surface area contributed by atoms with Gasteiger partial charge in [0.25, 0.3) is 0 Å². The molecule has 0 amide bonds. The quantitative estimate of drug-likeness (QED) is 0.145. The van der Waals surface area contributed by atoms with Crippen molar-refractivity contribution in [3.8, 4) is 0 Å². The van der Waals surface area contributed by atoms with Crippen LogP contribution in [0.4, 0.5) is 0 Å². The molecule has 0 unspecified atom stereocenters. The van der Waals surface area contributed by atoms with E-state index in [0.717, 1.165) is 17.9 Å². The zero-order valence-corrected chi connectivity index (χ0v) is 22.9. The summed E-state index contributed by atoms with van der Waals surface area (Å²) in [6.07, 6.45) is 0. The van der Waals surface area contributed by atoms with Crippen LogP contribution in [0, 0.1) is 6.92 Å². The Bertz CT molecular complexity index is 1080. The molecule has 0 aliphatic carbocycles. The van der Waals surface area contributed by atoms with Crippen LogP contribution in [0.5, 0.6) is 0 Å². The molecule has 0 aliphatic heterocycles. The monoisotopic (exact) mass is 625 g/mol. The van der Waals surface area contributed by atoms with Gasteiger partial charge in [-0.2, -0.15) is 0 Å². The highest BCUT2D eigenvalue weighted by Crippen LogP contribution is 2.51. The first-order chi connectivity index (χ1) is 12.8. The molecule has 0 saturated heterocycles. The molecule has 4 rings (SSSR count). The molecule has 0 atom stereocenters. The molecule has 0 bridgehead atoms. The van der Waals surface area contributed by atoms with Gasteiger partial charge in [-0.15, -0.1) is 0 Å². The first-order valence-corrected chi connectivity index (χ1v) is 12.3. The zero-order valence-electron chi connectivity index (χ0n) is 16.5. The summed E-state index contributed by atoms with van der Waals surface area (Å²) in [4.78, 5) is 0. The Morgan fingerprint density at radius 1 is 0.571 bits per heavy atom. The number of hydrogen-bond donors (Lipinski definition) is 0. The highest BCUT2D eigenvalue weighted by atomic mass is 79.9. The summed E-state index contributed by atoms with van der Waals surface area (Å²) < 4.78 is 4.40. The second kappa shape index (κ2) is 6.60. The van der Waals surface area contributed by atoms with Gasteiger partial charge in [0.15, 0.2) is 0 Å². The average molecular weight is 629 g/mol. The summed E-state index contributed by atoms with van der Waals surface area (Å²) in [5.74, 6) is 0. The van der Waals surface area contributed by atoms with E-state index >= 15 is 0 Å². The summed E-state index contributed by atoms with van der Waals surface area (Å²) in [6.45, 7) is 15.4. The molecule has 0 spiro atoms. The van der Waals surface area contributed by atoms with Gasteiger partial charge in [-0.1, -0.05) is 20.8 Å². The van der Waals surface area contributed by atoms with Crippen LogP contribution in [0.25, 0.3) is 32.3 Å². The standard InChI is InChI=1S/C24H21Br4/c1-23(2,3)11-7-13-17-14(8-11)20(26)22(28)16-10-12(24(4,5)6)9-15(18(16)17)21(27)19(13)25/h7-10H,1H2,2-6H3/q+1. The minimum Gasteiger partial charge on any atom is -0.0561 e. The number of benzene rings is 4. The van der Waals surface area contributed by atoms with Gasteiger partial charge >= 0.3 is 0 Å². The molecule has 0 N–H and O–H groups in total. The van der Waals surface area contributed by atoms with Crippen LogP contribution in [0.2, 0.25) is 0 Å². The lowest BCUT2D eigenvalue weighted by Crippen LogP contribution is -2.12. The maximum atomic E-state index is 4.37. The Hall–Kier alpha value is -0.290. The SMILES string of the molecule is [CH2+]C(C)(C)c1cc2c(Br)c(Br)c3cc(C(C)(C)C)cc4c(Br)c(Br)c(c1)c2c34. The summed E-state index contributed by atoms with van der Waals surface area (Å²) in [5, 5.41) is 7.47. The van der Waals surface area contributed by atoms with Gasteiger partial charge in [-0.3, -0.25) is 0 Å². The highest BCUT2D eigenvalue weighted by Gasteiger charge is 2.27. The van der Waals surface area contributed by atoms with Crippen molar-refractivity contribution >= 4 is 96.0 Å². The molecule has 0 fully saturated rings. The van der Waals surface area contributed by atoms with Gasteiger partial charge in [-0.25, -0.2) is 0 Å². The lowest BCUT2D eigenvalue weighted by molar-refractivity contribution is 0.591. The van der Waals surface area contributed by atoms with Crippen LogP contribution in [0.15, 0.2) is 42.2 Å². The number of rotatable bonds is 1. The number of hydrogen-bond acceptors (Lipinski definition) is 0. The minimum atomic E-state index is -0.179. The van der Waals surface area contributed by atoms with Gasteiger partial charge in [0.1, 0.15) is 5.41 Å². The molecule has 0 heterocycles. The lowest BCUT2D eigenvalue weighted by atomic mass is 9.81. The van der Waals surface area contributed by atoms with E-state index in [1.807, 2.05) is 0 Å². The van der Waals surface area contributed by atoms with Crippen LogP contribution in [0.1, 0.15) is 45.7 Å². The normalized spacial score (nSPS) is 13.3. The second-order valence-corrected chi connectivity index (χ2v) is 12.5. The average Bonchev–Trinajstić information content (AvgIpc) is 2.60. The van der Waals surface area contributed by atoms with Crippen molar-refractivity contribution in [3.63, 3.8) is 0 Å². The van der Waals surface area contributed by atoms with Gasteiger partial charge < -0.3 is 0 Å². The predicted molar refractivity (Wildman–Crippen MR) is 138 cm³/mol. The molecule has 0 radical (unpaired) electrons. The summed E-state index contributed by atoms with van der Waals surface area (Å²) in [5.41, 5.74) is 2.42. The van der Waals surface area contributed by atoms with Crippen LogP contribution in [-0.4, -0.2) is 0 Å². The van der Waals surface area contributed by atoms with E-state index in [9.17, 15) is 0 Å². The smallest absolute Gasteiger partial charge is 0.0561 e. The summed E-state index contributed by atoms with van der Waals surface area (Å²) in [7, 11) is 0. The molecule has 4 aromatic rings. The van der Waals surface area contributed by atoms with E-state index in [1.165, 1.54) is 43.4 Å². The molecule has 4 aromatic carbocycles. The third-order valence-electron chi connectivity index (χ3n) is 5.51. The topological polar surface area (TPSA) is 0 Å². The molecular weight excluding hydrogens is 608 g/mol. The van der Waals surface area contributed by atoms with Crippen molar-refractivity contribution < 1.29 is 0 Å². The Morgan fingerprint density at radius 3 is 1.11 bits per heavy atom. The fourth-order valence-corrected chi connectivity index (χ4v) is 5.92. The molecular formula is C24H21Br4+. The van der Waals surface area contributed by atoms with Gasteiger partial charge in [0.2, 0.25) is 0 Å². The summed E-state index contributed by atoms with van der Waals surface area (Å²) in [6, 6.07) is 9.22. The molecule has 144 valence electrons. The van der Waals surface area contributed by atoms with Crippen LogP contribution < -0.4 is 0 Å². The largest absolute Gasteiger partial charge is 0.125 e. The molecule has 0 aromatic heterocycles. The van der Waals surface area contributed by atoms with E-state index in [0.29, 0.717) is 0 Å². The van der Waals surface area contributed by atoms with Crippen molar-refractivity contribution in [2.75, 3.05) is 0 Å². The van der Waals surface area contributed by atoms with E-state index in [-0.39, 0.29) is 10.8 Å². The first kappa shape index (κ1) is 21.0. The first-order valence-electron chi connectivity index (χ1n) is 9.17. The number of halogens is 4. The maximum Gasteiger partial charge on any atom is 0.125 e. The third kappa shape index (κ3) is 3.05. The van der Waals surface area contributed by atoms with Gasteiger partial charge in [0, 0.05) is 23.5 Å². The Morgan fingerprint density at radius 2 is 0.857 bits per heavy atom. The fourth-order valence-electron chi connectivity index (χ4n) is 3.81. The molecule has 0 nitrogen and oxygen atoms in total. The van der Waals surface area contributed by atoms with Crippen molar-refractivity contribution in [2.24, 2.45) is 0 Å². The third-order valence-corrected chi connectivity index (χ3v) is 9.86. The van der Waals surface area contributed by atoms with Crippen molar-refractivity contribution in [1.29, 1.82) is 0 Å². The van der Waals surface area contributed by atoms with Crippen LogP contribution >= 0.6 is 63.7 Å². The van der Waals surface area contributed by atoms with Crippen LogP contribution in [-0.2, 0) is 10.8 Å². The Balaban J connectivity index is 2.35. The lowest BCUT2D eigenvalue weighted by Gasteiger charge is -2.24. The minimum absolute atomic E-state index is 0.0629. The Kier molecular flexibility index (Phi) is 4.94. The summed E-state index contributed by atoms with van der Waals surface area (Å²) >= 11 is 15.6. The van der Waals surface area contributed by atoms with E-state index in [4.69, 9.17) is 0 Å². The Labute approximate surface area is 200 Å². The molecule has 4 heteroatoms. The van der Waals surface area contributed by atoms with E-state index in [1.54, 1.807) is 0 Å². The van der Waals surface area contributed by atoms with Gasteiger partial charge in [0.05, 0.1) is 6.92 Å². The second-order valence-electron chi connectivity index (χ2n) is 9.28. The maximum absolute atomic E-state index is 4.37. The molecule has 0 aliphatic rings. The highest BCUT2D eigenvalue weighted by molar-refractivity contribution is 9.13. The molecule has 28 heavy (non-hydrogen) atoms. The zero-order chi connectivity index (χ0) is 20.8. The van der Waals surface area contributed by atoms with Crippen molar-refractivity contribution in [3.05, 3.63) is 60.2 Å². The van der Waals surface area contributed by atoms with E-state index < -0.39 is 0 Å². The van der Waals surface area contributed by atoms with Gasteiger partial charge in [-0.05, 0) is 145 Å². The van der Waals surface area contributed by atoms with Crippen molar-refractivity contribution in [2.45, 2.75) is 45.4 Å². The van der Waals surface area contributed by atoms with Crippen molar-refractivity contribution in [1.82, 2.24) is 0 Å².